The molecule has 3 aromatic rings. The van der Waals surface area contributed by atoms with Crippen LogP contribution >= 0.6 is 0 Å². The van der Waals surface area contributed by atoms with Crippen molar-refractivity contribution in [2.24, 2.45) is 0 Å². The lowest BCUT2D eigenvalue weighted by molar-refractivity contribution is 0.486. The van der Waals surface area contributed by atoms with E-state index in [0.717, 1.165) is 5.56 Å². The van der Waals surface area contributed by atoms with Crippen LogP contribution in [0.5, 0.6) is 5.75 Å². The molecule has 27 heavy (non-hydrogen) atoms. The number of hydrogen-bond donors (Lipinski definition) is 2. The molecule has 0 amide bonds. The SMILES string of the molecule is Cc1ccc(S(=O)(=O)Oc2ccccc2)cc1NC=C(C#N)c1nn[nH]n1. The summed E-state index contributed by atoms with van der Waals surface area (Å²) in [5.74, 6) is 0.343. The zero-order valence-electron chi connectivity index (χ0n) is 14.1. The van der Waals surface area contributed by atoms with Gasteiger partial charge in [-0.05, 0) is 42.0 Å². The number of para-hydroxylation sites is 1. The van der Waals surface area contributed by atoms with Gasteiger partial charge >= 0.3 is 10.1 Å². The maximum atomic E-state index is 12.5. The van der Waals surface area contributed by atoms with Crippen LogP contribution in [0.1, 0.15) is 11.4 Å². The number of hydrogen-bond acceptors (Lipinski definition) is 8. The second-order valence-electron chi connectivity index (χ2n) is 5.38. The average Bonchev–Trinajstić information content (AvgIpc) is 3.18. The first kappa shape index (κ1) is 18.1. The molecule has 136 valence electrons. The van der Waals surface area contributed by atoms with Crippen molar-refractivity contribution in [2.75, 3.05) is 5.32 Å². The Morgan fingerprint density at radius 3 is 2.70 bits per heavy atom. The Morgan fingerprint density at radius 2 is 2.04 bits per heavy atom. The summed E-state index contributed by atoms with van der Waals surface area (Å²) in [5, 5.41) is 25.2. The van der Waals surface area contributed by atoms with Gasteiger partial charge in [0.25, 0.3) is 0 Å². The summed E-state index contributed by atoms with van der Waals surface area (Å²) in [6.45, 7) is 1.80. The zero-order chi connectivity index (χ0) is 19.3. The van der Waals surface area contributed by atoms with Crippen molar-refractivity contribution in [1.82, 2.24) is 20.6 Å². The lowest BCUT2D eigenvalue weighted by Gasteiger charge is -2.10. The van der Waals surface area contributed by atoms with Crippen molar-refractivity contribution >= 4 is 21.4 Å². The van der Waals surface area contributed by atoms with Gasteiger partial charge in [0.1, 0.15) is 22.3 Å². The molecule has 0 fully saturated rings. The number of nitrogens with zero attached hydrogens (tertiary/aromatic N) is 4. The summed E-state index contributed by atoms with van der Waals surface area (Å²) in [7, 11) is -4.01. The topological polar surface area (TPSA) is 134 Å². The molecule has 0 aliphatic carbocycles. The number of anilines is 1. The number of nitriles is 1. The van der Waals surface area contributed by atoms with Gasteiger partial charge in [-0.2, -0.15) is 18.9 Å². The fourth-order valence-corrected chi connectivity index (χ4v) is 3.09. The molecule has 2 aromatic carbocycles. The van der Waals surface area contributed by atoms with Crippen LogP contribution in [0, 0.1) is 18.3 Å². The second-order valence-corrected chi connectivity index (χ2v) is 6.92. The predicted octanol–water partition coefficient (Wildman–Crippen LogP) is 2.25. The van der Waals surface area contributed by atoms with Crippen LogP contribution in [-0.4, -0.2) is 29.0 Å². The lowest BCUT2D eigenvalue weighted by Crippen LogP contribution is -2.10. The first-order valence-electron chi connectivity index (χ1n) is 7.70. The number of aromatic nitrogens is 4. The predicted molar refractivity (Wildman–Crippen MR) is 96.8 cm³/mol. The van der Waals surface area contributed by atoms with Gasteiger partial charge in [0, 0.05) is 11.9 Å². The quantitative estimate of drug-likeness (QED) is 0.490. The summed E-state index contributed by atoms with van der Waals surface area (Å²) in [6, 6.07) is 14.7. The minimum atomic E-state index is -4.01. The smallest absolute Gasteiger partial charge is 0.339 e. The first-order chi connectivity index (χ1) is 13.0. The van der Waals surface area contributed by atoms with Crippen LogP contribution < -0.4 is 9.50 Å². The van der Waals surface area contributed by atoms with Gasteiger partial charge in [-0.15, -0.1) is 10.2 Å². The van der Waals surface area contributed by atoms with Crippen LogP contribution in [0.3, 0.4) is 0 Å². The van der Waals surface area contributed by atoms with E-state index in [1.54, 1.807) is 43.3 Å². The Balaban J connectivity index is 1.87. The van der Waals surface area contributed by atoms with Crippen LogP contribution in [0.2, 0.25) is 0 Å². The monoisotopic (exact) mass is 382 g/mol. The number of H-pyrrole nitrogens is 1. The molecule has 0 aliphatic heterocycles. The van der Waals surface area contributed by atoms with Crippen LogP contribution in [0.15, 0.2) is 59.6 Å². The molecule has 0 saturated heterocycles. The summed E-state index contributed by atoms with van der Waals surface area (Å²) >= 11 is 0. The van der Waals surface area contributed by atoms with E-state index >= 15 is 0 Å². The Hall–Kier alpha value is -3.71. The van der Waals surface area contributed by atoms with E-state index in [-0.39, 0.29) is 22.0 Å². The third-order valence-electron chi connectivity index (χ3n) is 3.53. The van der Waals surface area contributed by atoms with Crippen molar-refractivity contribution in [3.8, 4) is 11.8 Å². The van der Waals surface area contributed by atoms with Crippen molar-refractivity contribution in [1.29, 1.82) is 5.26 Å². The van der Waals surface area contributed by atoms with Crippen molar-refractivity contribution in [3.63, 3.8) is 0 Å². The highest BCUT2D eigenvalue weighted by atomic mass is 32.2. The number of nitrogens with one attached hydrogen (secondary N) is 2. The first-order valence-corrected chi connectivity index (χ1v) is 9.11. The summed E-state index contributed by atoms with van der Waals surface area (Å²) in [6.07, 6.45) is 1.38. The highest BCUT2D eigenvalue weighted by Crippen LogP contribution is 2.24. The lowest BCUT2D eigenvalue weighted by atomic mass is 10.2. The van der Waals surface area contributed by atoms with E-state index in [1.165, 1.54) is 18.3 Å². The Kier molecular flexibility index (Phi) is 5.14. The van der Waals surface area contributed by atoms with Crippen molar-refractivity contribution in [3.05, 3.63) is 66.1 Å². The average molecular weight is 382 g/mol. The fourth-order valence-electron chi connectivity index (χ4n) is 2.14. The van der Waals surface area contributed by atoms with Crippen LogP contribution in [0.25, 0.3) is 5.57 Å². The number of tetrazole rings is 1. The molecule has 0 radical (unpaired) electrons. The Labute approximate surface area is 155 Å². The van der Waals surface area contributed by atoms with Gasteiger partial charge in [0.15, 0.2) is 0 Å². The van der Waals surface area contributed by atoms with Crippen LogP contribution in [-0.2, 0) is 10.1 Å². The number of aryl methyl sites for hydroxylation is 1. The molecule has 1 aromatic heterocycles. The molecule has 0 unspecified atom stereocenters. The zero-order valence-corrected chi connectivity index (χ0v) is 14.9. The van der Waals surface area contributed by atoms with Gasteiger partial charge in [-0.1, -0.05) is 24.3 Å². The van der Waals surface area contributed by atoms with Crippen LogP contribution in [0.4, 0.5) is 5.69 Å². The molecule has 0 spiro atoms. The highest BCUT2D eigenvalue weighted by molar-refractivity contribution is 7.87. The molecular formula is C17H14N6O3S. The molecule has 3 rings (SSSR count). The van der Waals surface area contributed by atoms with Gasteiger partial charge < -0.3 is 9.50 Å². The van der Waals surface area contributed by atoms with E-state index in [2.05, 4.69) is 25.9 Å². The largest absolute Gasteiger partial charge is 0.379 e. The van der Waals surface area contributed by atoms with Gasteiger partial charge in [-0.25, -0.2) is 0 Å². The van der Waals surface area contributed by atoms with E-state index in [9.17, 15) is 13.7 Å². The van der Waals surface area contributed by atoms with Crippen molar-refractivity contribution in [2.45, 2.75) is 11.8 Å². The second kappa shape index (κ2) is 7.67. The van der Waals surface area contributed by atoms with E-state index in [4.69, 9.17) is 4.18 Å². The third kappa shape index (κ3) is 4.28. The molecule has 0 saturated carbocycles. The van der Waals surface area contributed by atoms with Gasteiger partial charge in [-0.3, -0.25) is 0 Å². The maximum absolute atomic E-state index is 12.5. The minimum Gasteiger partial charge on any atom is -0.379 e. The third-order valence-corrected chi connectivity index (χ3v) is 4.77. The molecular weight excluding hydrogens is 368 g/mol. The van der Waals surface area contributed by atoms with Gasteiger partial charge in [0.2, 0.25) is 5.82 Å². The summed E-state index contributed by atoms with van der Waals surface area (Å²) in [5.41, 5.74) is 1.40. The maximum Gasteiger partial charge on any atom is 0.339 e. The number of aromatic amines is 1. The molecule has 0 aliphatic rings. The molecule has 10 heteroatoms. The number of allylic oxidation sites excluding steroid dienone is 1. The fraction of sp³-hybridized carbons (Fsp3) is 0.0588. The van der Waals surface area contributed by atoms with E-state index in [1.807, 2.05) is 6.07 Å². The minimum absolute atomic E-state index is 0.0223. The van der Waals surface area contributed by atoms with Crippen molar-refractivity contribution < 1.29 is 12.6 Å². The van der Waals surface area contributed by atoms with Gasteiger partial charge in [0.05, 0.1) is 0 Å². The number of rotatable bonds is 6. The van der Waals surface area contributed by atoms with E-state index in [0.29, 0.717) is 5.69 Å². The standard InChI is InChI=1S/C17H14N6O3S/c1-12-7-8-15(27(24,25)26-14-5-3-2-4-6-14)9-16(12)19-11-13(10-18)17-20-22-23-21-17/h2-9,11,19H,1H3,(H,20,21,22,23). The summed E-state index contributed by atoms with van der Waals surface area (Å²) < 4.78 is 30.1. The number of benzene rings is 2. The molecule has 9 nitrogen and oxygen atoms in total. The van der Waals surface area contributed by atoms with E-state index < -0.39 is 10.1 Å². The summed E-state index contributed by atoms with van der Waals surface area (Å²) in [4.78, 5) is -0.0223. The highest BCUT2D eigenvalue weighted by Gasteiger charge is 2.18. The Bertz CT molecular complexity index is 1100. The Morgan fingerprint density at radius 1 is 1.26 bits per heavy atom. The molecule has 2 N–H and O–H groups in total. The molecule has 0 atom stereocenters. The molecule has 0 bridgehead atoms. The normalized spacial score (nSPS) is 11.6. The molecule has 1 heterocycles.